The second kappa shape index (κ2) is 6.86. The Hall–Kier alpha value is -2.37. The van der Waals surface area contributed by atoms with Gasteiger partial charge in [0.15, 0.2) is 10.7 Å². The molecule has 0 amide bonds. The molecule has 0 N–H and O–H groups in total. The first-order valence-corrected chi connectivity index (χ1v) is 9.07. The van der Waals surface area contributed by atoms with Gasteiger partial charge in [0.1, 0.15) is 0 Å². The van der Waals surface area contributed by atoms with Crippen LogP contribution in [0.2, 0.25) is 0 Å². The molecule has 11 heteroatoms. The van der Waals surface area contributed by atoms with E-state index < -0.39 is 20.6 Å². The summed E-state index contributed by atoms with van der Waals surface area (Å²) in [6.07, 6.45) is 0. The first-order valence-electron chi connectivity index (χ1n) is 7.63. The summed E-state index contributed by atoms with van der Waals surface area (Å²) in [7, 11) is -3.91. The van der Waals surface area contributed by atoms with Crippen LogP contribution in [0.15, 0.2) is 33.7 Å². The first-order chi connectivity index (χ1) is 11.9. The fraction of sp³-hybridized carbons (Fsp3) is 0.429. The molecule has 1 aliphatic rings. The van der Waals surface area contributed by atoms with E-state index in [1.165, 1.54) is 28.6 Å². The Morgan fingerprint density at radius 1 is 1.24 bits per heavy atom. The third-order valence-electron chi connectivity index (χ3n) is 3.95. The van der Waals surface area contributed by atoms with Crippen LogP contribution in [-0.2, 0) is 16.6 Å². The minimum absolute atomic E-state index is 0.241. The zero-order valence-electron chi connectivity index (χ0n) is 13.5. The van der Waals surface area contributed by atoms with Gasteiger partial charge in [-0.2, -0.15) is 9.29 Å². The van der Waals surface area contributed by atoms with Crippen LogP contribution in [0.1, 0.15) is 11.7 Å². The SMILES string of the molecule is Cc1nc(CN2CCN(S(=O)(=O)c3ccccc3[N+](=O)[O-])CC2)no1. The number of nitro groups is 1. The van der Waals surface area contributed by atoms with Crippen molar-refractivity contribution >= 4 is 15.7 Å². The highest BCUT2D eigenvalue weighted by Gasteiger charge is 2.33. The summed E-state index contributed by atoms with van der Waals surface area (Å²) in [5, 5.41) is 14.9. The van der Waals surface area contributed by atoms with Gasteiger partial charge >= 0.3 is 0 Å². The van der Waals surface area contributed by atoms with Crippen molar-refractivity contribution in [1.29, 1.82) is 0 Å². The largest absolute Gasteiger partial charge is 0.340 e. The minimum Gasteiger partial charge on any atom is -0.340 e. The van der Waals surface area contributed by atoms with Crippen molar-refractivity contribution in [3.63, 3.8) is 0 Å². The van der Waals surface area contributed by atoms with E-state index in [0.29, 0.717) is 31.3 Å². The van der Waals surface area contributed by atoms with Crippen molar-refractivity contribution in [2.75, 3.05) is 26.2 Å². The van der Waals surface area contributed by atoms with Crippen molar-refractivity contribution in [2.24, 2.45) is 0 Å². The Morgan fingerprint density at radius 2 is 1.92 bits per heavy atom. The molecule has 0 saturated carbocycles. The van der Waals surface area contributed by atoms with Crippen LogP contribution in [0.25, 0.3) is 0 Å². The molecule has 1 aromatic heterocycles. The molecule has 2 heterocycles. The van der Waals surface area contributed by atoms with E-state index in [0.717, 1.165) is 0 Å². The number of hydrogen-bond acceptors (Lipinski definition) is 8. The van der Waals surface area contributed by atoms with E-state index in [2.05, 4.69) is 10.1 Å². The van der Waals surface area contributed by atoms with Crippen molar-refractivity contribution < 1.29 is 17.9 Å². The molecule has 3 rings (SSSR count). The maximum Gasteiger partial charge on any atom is 0.289 e. The van der Waals surface area contributed by atoms with Crippen LogP contribution < -0.4 is 0 Å². The smallest absolute Gasteiger partial charge is 0.289 e. The van der Waals surface area contributed by atoms with E-state index in [9.17, 15) is 18.5 Å². The highest BCUT2D eigenvalue weighted by Crippen LogP contribution is 2.27. The van der Waals surface area contributed by atoms with Crippen molar-refractivity contribution in [1.82, 2.24) is 19.3 Å². The zero-order valence-corrected chi connectivity index (χ0v) is 14.3. The molecule has 0 spiro atoms. The van der Waals surface area contributed by atoms with Gasteiger partial charge < -0.3 is 4.52 Å². The summed E-state index contributed by atoms with van der Waals surface area (Å²) in [4.78, 5) is 16.3. The maximum absolute atomic E-state index is 12.7. The van der Waals surface area contributed by atoms with Crippen molar-refractivity contribution in [2.45, 2.75) is 18.4 Å². The predicted octanol–water partition coefficient (Wildman–Crippen LogP) is 0.793. The summed E-state index contributed by atoms with van der Waals surface area (Å²) >= 11 is 0. The van der Waals surface area contributed by atoms with E-state index in [1.54, 1.807) is 6.92 Å². The highest BCUT2D eigenvalue weighted by atomic mass is 32.2. The molecule has 25 heavy (non-hydrogen) atoms. The van der Waals surface area contributed by atoms with Gasteiger partial charge in [0, 0.05) is 39.2 Å². The van der Waals surface area contributed by atoms with Gasteiger partial charge in [-0.25, -0.2) is 8.42 Å². The lowest BCUT2D eigenvalue weighted by atomic mass is 10.3. The maximum atomic E-state index is 12.7. The molecule has 1 saturated heterocycles. The fourth-order valence-electron chi connectivity index (χ4n) is 2.70. The second-order valence-corrected chi connectivity index (χ2v) is 7.54. The Bertz CT molecular complexity index is 873. The topological polar surface area (TPSA) is 123 Å². The molecular formula is C14H17N5O5S. The molecule has 0 aliphatic carbocycles. The molecule has 1 aromatic carbocycles. The standard InChI is InChI=1S/C14H17N5O5S/c1-11-15-14(16-24-11)10-17-6-8-18(9-7-17)25(22,23)13-5-3-2-4-12(13)19(20)21/h2-5H,6-10H2,1H3. The van der Waals surface area contributed by atoms with E-state index in [1.807, 2.05) is 4.90 Å². The Labute approximate surface area is 144 Å². The summed E-state index contributed by atoms with van der Waals surface area (Å²) in [6.45, 7) is 3.61. The van der Waals surface area contributed by atoms with Crippen molar-refractivity contribution in [3.05, 3.63) is 46.1 Å². The third-order valence-corrected chi connectivity index (χ3v) is 5.89. The number of nitro benzene ring substituents is 1. The number of aromatic nitrogens is 2. The molecule has 0 atom stereocenters. The predicted molar refractivity (Wildman–Crippen MR) is 86.2 cm³/mol. The molecule has 134 valence electrons. The van der Waals surface area contributed by atoms with E-state index in [4.69, 9.17) is 4.52 Å². The number of rotatable bonds is 5. The van der Waals surface area contributed by atoms with E-state index in [-0.39, 0.29) is 18.0 Å². The highest BCUT2D eigenvalue weighted by molar-refractivity contribution is 7.89. The van der Waals surface area contributed by atoms with Gasteiger partial charge in [0.2, 0.25) is 15.9 Å². The summed E-state index contributed by atoms with van der Waals surface area (Å²) < 4.78 is 31.7. The van der Waals surface area contributed by atoms with Gasteiger partial charge in [-0.15, -0.1) is 0 Å². The lowest BCUT2D eigenvalue weighted by molar-refractivity contribution is -0.387. The molecule has 2 aromatic rings. The average Bonchev–Trinajstić information content (AvgIpc) is 3.00. The van der Waals surface area contributed by atoms with Gasteiger partial charge in [-0.3, -0.25) is 15.0 Å². The Morgan fingerprint density at radius 3 is 2.52 bits per heavy atom. The normalized spacial score (nSPS) is 16.8. The average molecular weight is 367 g/mol. The van der Waals surface area contributed by atoms with E-state index >= 15 is 0 Å². The van der Waals surface area contributed by atoms with Gasteiger partial charge in [-0.05, 0) is 6.07 Å². The number of benzene rings is 1. The molecule has 1 fully saturated rings. The Kier molecular flexibility index (Phi) is 4.79. The number of hydrogen-bond donors (Lipinski definition) is 0. The van der Waals surface area contributed by atoms with Gasteiger partial charge in [0.25, 0.3) is 5.69 Å². The molecule has 0 unspecified atom stereocenters. The molecule has 10 nitrogen and oxygen atoms in total. The van der Waals surface area contributed by atoms with Crippen LogP contribution >= 0.6 is 0 Å². The molecular weight excluding hydrogens is 350 g/mol. The number of aryl methyl sites for hydroxylation is 1. The van der Waals surface area contributed by atoms with Crippen molar-refractivity contribution in [3.8, 4) is 0 Å². The zero-order chi connectivity index (χ0) is 18.0. The van der Waals surface area contributed by atoms with Gasteiger partial charge in [0.05, 0.1) is 11.5 Å². The molecule has 0 bridgehead atoms. The number of sulfonamides is 1. The number of piperazine rings is 1. The van der Waals surface area contributed by atoms with Crippen LogP contribution in [0, 0.1) is 17.0 Å². The summed E-state index contributed by atoms with van der Waals surface area (Å²) in [5.74, 6) is 1.03. The summed E-state index contributed by atoms with van der Waals surface area (Å²) in [5.41, 5.74) is -0.410. The van der Waals surface area contributed by atoms with Crippen LogP contribution in [0.4, 0.5) is 5.69 Å². The summed E-state index contributed by atoms with van der Waals surface area (Å²) in [6, 6.07) is 5.39. The van der Waals surface area contributed by atoms with Crippen LogP contribution in [0.5, 0.6) is 0 Å². The molecule has 0 radical (unpaired) electrons. The quantitative estimate of drug-likeness (QED) is 0.561. The lowest BCUT2D eigenvalue weighted by Crippen LogP contribution is -2.48. The third kappa shape index (κ3) is 3.67. The second-order valence-electron chi connectivity index (χ2n) is 5.63. The molecule has 1 aliphatic heterocycles. The number of nitrogens with zero attached hydrogens (tertiary/aromatic N) is 5. The first kappa shape index (κ1) is 17.5. The van der Waals surface area contributed by atoms with Gasteiger partial charge in [-0.1, -0.05) is 17.3 Å². The fourth-order valence-corrected chi connectivity index (χ4v) is 4.28. The monoisotopic (exact) mass is 367 g/mol. The van der Waals surface area contributed by atoms with Crippen LogP contribution in [-0.4, -0.2) is 58.9 Å². The Balaban J connectivity index is 1.71. The minimum atomic E-state index is -3.91. The number of para-hydroxylation sites is 1. The lowest BCUT2D eigenvalue weighted by Gasteiger charge is -2.33. The van der Waals surface area contributed by atoms with Crippen LogP contribution in [0.3, 0.4) is 0 Å².